The monoisotopic (exact) mass is 414 g/mol. The maximum Gasteiger partial charge on any atom is 0.254 e. The largest absolute Gasteiger partial charge is 0.385 e. The molecule has 2 aliphatic heterocycles. The summed E-state index contributed by atoms with van der Waals surface area (Å²) in [5, 5.41) is 6.16. The van der Waals surface area contributed by atoms with Crippen molar-refractivity contribution in [2.45, 2.75) is 12.8 Å². The zero-order valence-electron chi connectivity index (χ0n) is 15.4. The molecule has 1 aromatic rings. The number of anilines is 1. The summed E-state index contributed by atoms with van der Waals surface area (Å²) in [7, 11) is 0. The molecule has 2 amide bonds. The number of carbonyl (C=O) groups is 2. The first kappa shape index (κ1) is 23.3. The Morgan fingerprint density at radius 2 is 1.93 bits per heavy atom. The van der Waals surface area contributed by atoms with Gasteiger partial charge in [0.2, 0.25) is 5.91 Å². The highest BCUT2D eigenvalue weighted by molar-refractivity contribution is 5.97. The molecule has 0 aromatic heterocycles. The molecule has 0 bridgehead atoms. The Balaban J connectivity index is 0.00000182. The fourth-order valence-electron chi connectivity index (χ4n) is 3.43. The van der Waals surface area contributed by atoms with Crippen LogP contribution in [0.5, 0.6) is 0 Å². The normalized spacial score (nSPS) is 16.1. The highest BCUT2D eigenvalue weighted by atomic mass is 35.5. The molecule has 2 aliphatic rings. The number of hydrogen-bond acceptors (Lipinski definition) is 4. The van der Waals surface area contributed by atoms with Gasteiger partial charge in [0.15, 0.2) is 0 Å². The number of piperazine rings is 1. The van der Waals surface area contributed by atoms with Crippen LogP contribution in [-0.4, -0.2) is 67.4 Å². The van der Waals surface area contributed by atoms with Crippen molar-refractivity contribution in [2.75, 3.05) is 51.1 Å². The predicted octanol–water partition coefficient (Wildman–Crippen LogP) is 1.95. The van der Waals surface area contributed by atoms with Gasteiger partial charge in [0.25, 0.3) is 5.91 Å². The standard InChI is InChI=1S/C19H26N4O2.2ClH/c1-2-8-21-18(24)14-22-10-12-23(13-11-22)19(25)16-5-3-7-17-15(16)6-4-9-20-17;;/h2-3,5,7,20H,1,4,6,8-14H2,(H,21,24);2*1H. The summed E-state index contributed by atoms with van der Waals surface area (Å²) in [5.41, 5.74) is 3.06. The number of fused-ring (bicyclic) bond motifs is 1. The summed E-state index contributed by atoms with van der Waals surface area (Å²) in [4.78, 5) is 28.7. The third-order valence-corrected chi connectivity index (χ3v) is 4.80. The molecule has 0 unspecified atom stereocenters. The van der Waals surface area contributed by atoms with Crippen molar-refractivity contribution in [1.82, 2.24) is 15.1 Å². The molecule has 2 N–H and O–H groups in total. The quantitative estimate of drug-likeness (QED) is 0.722. The Morgan fingerprint density at radius 3 is 2.63 bits per heavy atom. The number of rotatable bonds is 5. The fraction of sp³-hybridized carbons (Fsp3) is 0.474. The van der Waals surface area contributed by atoms with Crippen molar-refractivity contribution < 1.29 is 9.59 Å². The van der Waals surface area contributed by atoms with Gasteiger partial charge in [-0.2, -0.15) is 0 Å². The maximum absolute atomic E-state index is 12.9. The fourth-order valence-corrected chi connectivity index (χ4v) is 3.43. The first-order valence-corrected chi connectivity index (χ1v) is 8.94. The van der Waals surface area contributed by atoms with Crippen molar-refractivity contribution in [3.63, 3.8) is 0 Å². The molecule has 1 saturated heterocycles. The lowest BCUT2D eigenvalue weighted by molar-refractivity contribution is -0.122. The molecule has 3 rings (SSSR count). The Labute approximate surface area is 173 Å². The Hall–Kier alpha value is -1.76. The minimum Gasteiger partial charge on any atom is -0.385 e. The first-order valence-electron chi connectivity index (χ1n) is 8.94. The van der Waals surface area contributed by atoms with E-state index < -0.39 is 0 Å². The number of halogens is 2. The highest BCUT2D eigenvalue weighted by Crippen LogP contribution is 2.26. The van der Waals surface area contributed by atoms with Gasteiger partial charge in [0.1, 0.15) is 0 Å². The number of nitrogens with zero attached hydrogens (tertiary/aromatic N) is 2. The third kappa shape index (κ3) is 5.86. The SMILES string of the molecule is C=CCNC(=O)CN1CCN(C(=O)c2cccc3c2CCCN3)CC1.Cl.Cl. The maximum atomic E-state index is 12.9. The van der Waals surface area contributed by atoms with Crippen molar-refractivity contribution in [3.05, 3.63) is 42.0 Å². The van der Waals surface area contributed by atoms with Crippen LogP contribution >= 0.6 is 24.8 Å². The molecule has 150 valence electrons. The zero-order valence-corrected chi connectivity index (χ0v) is 17.0. The minimum absolute atomic E-state index is 0. The van der Waals surface area contributed by atoms with E-state index >= 15 is 0 Å². The lowest BCUT2D eigenvalue weighted by Gasteiger charge is -2.35. The summed E-state index contributed by atoms with van der Waals surface area (Å²) in [6.07, 6.45) is 3.68. The van der Waals surface area contributed by atoms with E-state index in [-0.39, 0.29) is 36.6 Å². The second-order valence-electron chi connectivity index (χ2n) is 6.52. The first-order chi connectivity index (χ1) is 12.2. The van der Waals surface area contributed by atoms with Gasteiger partial charge in [0, 0.05) is 50.5 Å². The van der Waals surface area contributed by atoms with Gasteiger partial charge >= 0.3 is 0 Å². The molecule has 0 aliphatic carbocycles. The van der Waals surface area contributed by atoms with Gasteiger partial charge < -0.3 is 15.5 Å². The molecular weight excluding hydrogens is 387 g/mol. The molecule has 1 fully saturated rings. The second-order valence-corrected chi connectivity index (χ2v) is 6.52. The molecule has 2 heterocycles. The summed E-state index contributed by atoms with van der Waals surface area (Å²) in [5.74, 6) is 0.110. The molecule has 1 aromatic carbocycles. The molecule has 27 heavy (non-hydrogen) atoms. The Morgan fingerprint density at radius 1 is 1.19 bits per heavy atom. The van der Waals surface area contributed by atoms with Crippen molar-refractivity contribution >= 4 is 42.3 Å². The van der Waals surface area contributed by atoms with Crippen LogP contribution in [0.3, 0.4) is 0 Å². The van der Waals surface area contributed by atoms with Gasteiger partial charge in [-0.1, -0.05) is 12.1 Å². The highest BCUT2D eigenvalue weighted by Gasteiger charge is 2.26. The van der Waals surface area contributed by atoms with Gasteiger partial charge in [-0.25, -0.2) is 0 Å². The lowest BCUT2D eigenvalue weighted by atomic mass is 9.96. The Kier molecular flexibility index (Phi) is 9.63. The molecule has 8 heteroatoms. The Bertz CT molecular complexity index is 661. The third-order valence-electron chi connectivity index (χ3n) is 4.80. The number of carbonyl (C=O) groups excluding carboxylic acids is 2. The smallest absolute Gasteiger partial charge is 0.254 e. The van der Waals surface area contributed by atoms with E-state index in [1.807, 2.05) is 23.1 Å². The van der Waals surface area contributed by atoms with Crippen LogP contribution in [0.2, 0.25) is 0 Å². The predicted molar refractivity (Wildman–Crippen MR) is 113 cm³/mol. The van der Waals surface area contributed by atoms with E-state index in [1.165, 1.54) is 0 Å². The number of hydrogen-bond donors (Lipinski definition) is 2. The van der Waals surface area contributed by atoms with Gasteiger partial charge in [0.05, 0.1) is 6.54 Å². The summed E-state index contributed by atoms with van der Waals surface area (Å²) in [6.45, 7) is 8.19. The molecular formula is C19H28Cl2N4O2. The van der Waals surface area contributed by atoms with Gasteiger partial charge in [-0.15, -0.1) is 31.4 Å². The van der Waals surface area contributed by atoms with Crippen molar-refractivity contribution in [1.29, 1.82) is 0 Å². The lowest BCUT2D eigenvalue weighted by Crippen LogP contribution is -2.51. The topological polar surface area (TPSA) is 64.7 Å². The molecule has 6 nitrogen and oxygen atoms in total. The van der Waals surface area contributed by atoms with E-state index in [0.29, 0.717) is 26.2 Å². The second kappa shape index (κ2) is 11.2. The van der Waals surface area contributed by atoms with Crippen LogP contribution in [0, 0.1) is 0 Å². The van der Waals surface area contributed by atoms with E-state index in [0.717, 1.165) is 49.3 Å². The van der Waals surface area contributed by atoms with E-state index in [4.69, 9.17) is 0 Å². The van der Waals surface area contributed by atoms with E-state index in [9.17, 15) is 9.59 Å². The number of amides is 2. The average Bonchev–Trinajstić information content (AvgIpc) is 2.66. The van der Waals surface area contributed by atoms with Crippen LogP contribution in [-0.2, 0) is 11.2 Å². The summed E-state index contributed by atoms with van der Waals surface area (Å²) >= 11 is 0. The van der Waals surface area contributed by atoms with Crippen LogP contribution in [0.25, 0.3) is 0 Å². The number of nitrogens with one attached hydrogen (secondary N) is 2. The van der Waals surface area contributed by atoms with E-state index in [1.54, 1.807) is 6.08 Å². The minimum atomic E-state index is 0. The molecule has 0 atom stereocenters. The molecule has 0 spiro atoms. The number of benzene rings is 1. The van der Waals surface area contributed by atoms with Crippen LogP contribution in [0.1, 0.15) is 22.3 Å². The van der Waals surface area contributed by atoms with Crippen LogP contribution in [0.4, 0.5) is 5.69 Å². The van der Waals surface area contributed by atoms with Gasteiger partial charge in [-0.05, 0) is 30.5 Å². The van der Waals surface area contributed by atoms with Gasteiger partial charge in [-0.3, -0.25) is 14.5 Å². The summed E-state index contributed by atoms with van der Waals surface area (Å²) in [6, 6.07) is 5.93. The van der Waals surface area contributed by atoms with Crippen molar-refractivity contribution in [2.24, 2.45) is 0 Å². The molecule has 0 saturated carbocycles. The average molecular weight is 415 g/mol. The zero-order chi connectivity index (χ0) is 17.6. The molecule has 0 radical (unpaired) electrons. The van der Waals surface area contributed by atoms with Crippen LogP contribution < -0.4 is 10.6 Å². The van der Waals surface area contributed by atoms with Crippen LogP contribution in [0.15, 0.2) is 30.9 Å². The van der Waals surface area contributed by atoms with Crippen molar-refractivity contribution in [3.8, 4) is 0 Å². The summed E-state index contributed by atoms with van der Waals surface area (Å²) < 4.78 is 0. The van der Waals surface area contributed by atoms with E-state index in [2.05, 4.69) is 22.1 Å².